The van der Waals surface area contributed by atoms with Gasteiger partial charge in [-0.15, -0.1) is 0 Å². The van der Waals surface area contributed by atoms with Crippen LogP contribution in [0.15, 0.2) is 23.9 Å². The Morgan fingerprint density at radius 3 is 2.90 bits per heavy atom. The summed E-state index contributed by atoms with van der Waals surface area (Å²) < 4.78 is 4.89. The molecule has 0 aliphatic heterocycles. The Labute approximate surface area is 128 Å². The minimum Gasteiger partial charge on any atom is -0.451 e. The number of carbonyl (C=O) groups is 2. The predicted molar refractivity (Wildman–Crippen MR) is 80.3 cm³/mol. The SMILES string of the molecule is O=C(COC(=O)c1cc(Cl)c[nH]1)NCCC1=CCCCC1. The van der Waals surface area contributed by atoms with Gasteiger partial charge in [0.25, 0.3) is 5.91 Å². The highest BCUT2D eigenvalue weighted by Crippen LogP contribution is 2.19. The van der Waals surface area contributed by atoms with Crippen LogP contribution in [0.1, 0.15) is 42.6 Å². The molecule has 1 amide bonds. The Balaban J connectivity index is 1.63. The molecule has 5 nitrogen and oxygen atoms in total. The zero-order valence-corrected chi connectivity index (χ0v) is 12.5. The van der Waals surface area contributed by atoms with Gasteiger partial charge in [-0.3, -0.25) is 4.79 Å². The van der Waals surface area contributed by atoms with Crippen LogP contribution in [-0.4, -0.2) is 30.0 Å². The van der Waals surface area contributed by atoms with Crippen molar-refractivity contribution in [3.63, 3.8) is 0 Å². The number of rotatable bonds is 6. The highest BCUT2D eigenvalue weighted by Gasteiger charge is 2.12. The van der Waals surface area contributed by atoms with Crippen molar-refractivity contribution in [3.05, 3.63) is 34.6 Å². The fourth-order valence-electron chi connectivity index (χ4n) is 2.24. The molecule has 0 saturated carbocycles. The second kappa shape index (κ2) is 7.88. The number of H-pyrrole nitrogens is 1. The molecule has 0 saturated heterocycles. The molecule has 2 N–H and O–H groups in total. The maximum absolute atomic E-state index is 11.6. The second-order valence-corrected chi connectivity index (χ2v) is 5.45. The second-order valence-electron chi connectivity index (χ2n) is 5.02. The number of halogens is 1. The van der Waals surface area contributed by atoms with E-state index in [0.29, 0.717) is 11.6 Å². The van der Waals surface area contributed by atoms with Crippen molar-refractivity contribution in [3.8, 4) is 0 Å². The van der Waals surface area contributed by atoms with Crippen molar-refractivity contribution < 1.29 is 14.3 Å². The summed E-state index contributed by atoms with van der Waals surface area (Å²) in [5.41, 5.74) is 1.64. The van der Waals surface area contributed by atoms with Crippen LogP contribution >= 0.6 is 11.6 Å². The zero-order chi connectivity index (χ0) is 15.1. The maximum Gasteiger partial charge on any atom is 0.355 e. The van der Waals surface area contributed by atoms with Crippen LogP contribution in [0, 0.1) is 0 Å². The van der Waals surface area contributed by atoms with Crippen LogP contribution in [-0.2, 0) is 9.53 Å². The maximum atomic E-state index is 11.6. The normalized spacial score (nSPS) is 14.4. The Morgan fingerprint density at radius 2 is 2.24 bits per heavy atom. The molecule has 0 aromatic carbocycles. The number of esters is 1. The number of carbonyl (C=O) groups excluding carboxylic acids is 2. The van der Waals surface area contributed by atoms with Crippen LogP contribution in [0.2, 0.25) is 5.02 Å². The quantitative estimate of drug-likeness (QED) is 0.627. The third kappa shape index (κ3) is 5.27. The molecule has 1 aromatic rings. The average Bonchev–Trinajstić information content (AvgIpc) is 2.92. The van der Waals surface area contributed by atoms with E-state index in [1.54, 1.807) is 0 Å². The summed E-state index contributed by atoms with van der Waals surface area (Å²) in [7, 11) is 0. The number of allylic oxidation sites excluding steroid dienone is 1. The monoisotopic (exact) mass is 310 g/mol. The highest BCUT2D eigenvalue weighted by molar-refractivity contribution is 6.30. The molecule has 1 aromatic heterocycles. The average molecular weight is 311 g/mol. The number of ether oxygens (including phenoxy) is 1. The van der Waals surface area contributed by atoms with E-state index < -0.39 is 5.97 Å². The topological polar surface area (TPSA) is 71.2 Å². The molecule has 0 spiro atoms. The van der Waals surface area contributed by atoms with Gasteiger partial charge in [-0.05, 0) is 38.2 Å². The van der Waals surface area contributed by atoms with E-state index in [4.69, 9.17) is 16.3 Å². The van der Waals surface area contributed by atoms with E-state index in [-0.39, 0.29) is 18.2 Å². The summed E-state index contributed by atoms with van der Waals surface area (Å²) in [6.07, 6.45) is 9.36. The number of aromatic nitrogens is 1. The minimum atomic E-state index is -0.591. The zero-order valence-electron chi connectivity index (χ0n) is 11.8. The summed E-state index contributed by atoms with van der Waals surface area (Å²) >= 11 is 5.69. The van der Waals surface area contributed by atoms with Crippen molar-refractivity contribution in [2.45, 2.75) is 32.1 Å². The van der Waals surface area contributed by atoms with Gasteiger partial charge in [0.1, 0.15) is 5.69 Å². The number of hydrogen-bond donors (Lipinski definition) is 2. The highest BCUT2D eigenvalue weighted by atomic mass is 35.5. The van der Waals surface area contributed by atoms with Crippen molar-refractivity contribution in [2.75, 3.05) is 13.2 Å². The van der Waals surface area contributed by atoms with E-state index in [0.717, 1.165) is 19.3 Å². The first-order valence-corrected chi connectivity index (χ1v) is 7.48. The van der Waals surface area contributed by atoms with Gasteiger partial charge in [-0.25, -0.2) is 4.79 Å². The smallest absolute Gasteiger partial charge is 0.355 e. The molecule has 0 fully saturated rings. The molecule has 1 heterocycles. The first-order valence-electron chi connectivity index (χ1n) is 7.11. The lowest BCUT2D eigenvalue weighted by Gasteiger charge is -2.12. The Kier molecular flexibility index (Phi) is 5.87. The third-order valence-corrected chi connectivity index (χ3v) is 3.57. The molecular weight excluding hydrogens is 292 g/mol. The fourth-order valence-corrected chi connectivity index (χ4v) is 2.40. The molecule has 0 atom stereocenters. The number of amides is 1. The van der Waals surface area contributed by atoms with E-state index in [2.05, 4.69) is 16.4 Å². The lowest BCUT2D eigenvalue weighted by atomic mass is 9.97. The van der Waals surface area contributed by atoms with E-state index in [1.165, 1.54) is 30.7 Å². The van der Waals surface area contributed by atoms with Gasteiger partial charge in [0.2, 0.25) is 0 Å². The Bertz CT molecular complexity index is 537. The minimum absolute atomic E-state index is 0.236. The summed E-state index contributed by atoms with van der Waals surface area (Å²) in [6.45, 7) is 0.297. The predicted octanol–water partition coefficient (Wildman–Crippen LogP) is 2.83. The summed E-state index contributed by atoms with van der Waals surface area (Å²) in [4.78, 5) is 25.8. The Hall–Kier alpha value is -1.75. The lowest BCUT2D eigenvalue weighted by Crippen LogP contribution is -2.29. The van der Waals surface area contributed by atoms with Crippen molar-refractivity contribution in [1.82, 2.24) is 10.3 Å². The molecule has 6 heteroatoms. The van der Waals surface area contributed by atoms with Gasteiger partial charge >= 0.3 is 5.97 Å². The van der Waals surface area contributed by atoms with Gasteiger partial charge in [0, 0.05) is 12.7 Å². The van der Waals surface area contributed by atoms with Gasteiger partial charge in [-0.1, -0.05) is 23.3 Å². The molecule has 1 aliphatic carbocycles. The van der Waals surface area contributed by atoms with Crippen molar-refractivity contribution in [1.29, 1.82) is 0 Å². The van der Waals surface area contributed by atoms with Gasteiger partial charge < -0.3 is 15.0 Å². The summed E-state index contributed by atoms with van der Waals surface area (Å²) in [5.74, 6) is -0.885. The van der Waals surface area contributed by atoms with Crippen molar-refractivity contribution in [2.24, 2.45) is 0 Å². The van der Waals surface area contributed by atoms with Crippen LogP contribution in [0.5, 0.6) is 0 Å². The molecule has 0 radical (unpaired) electrons. The third-order valence-electron chi connectivity index (χ3n) is 3.36. The molecule has 114 valence electrons. The molecule has 1 aliphatic rings. The number of aromatic amines is 1. The molecule has 21 heavy (non-hydrogen) atoms. The van der Waals surface area contributed by atoms with E-state index in [1.807, 2.05) is 0 Å². The Morgan fingerprint density at radius 1 is 1.38 bits per heavy atom. The van der Waals surface area contributed by atoms with Crippen molar-refractivity contribution >= 4 is 23.5 Å². The van der Waals surface area contributed by atoms with E-state index >= 15 is 0 Å². The first kappa shape index (κ1) is 15.6. The van der Waals surface area contributed by atoms with Gasteiger partial charge in [-0.2, -0.15) is 0 Å². The standard InChI is InChI=1S/C15H19ClN2O3/c16-12-8-13(18-9-12)15(20)21-10-14(19)17-7-6-11-4-2-1-3-5-11/h4,8-9,18H,1-3,5-7,10H2,(H,17,19). The summed E-state index contributed by atoms with van der Waals surface area (Å²) in [6, 6.07) is 1.46. The molecule has 2 rings (SSSR count). The summed E-state index contributed by atoms with van der Waals surface area (Å²) in [5, 5.41) is 3.17. The number of hydrogen-bond acceptors (Lipinski definition) is 3. The van der Waals surface area contributed by atoms with E-state index in [9.17, 15) is 9.59 Å². The molecule has 0 bridgehead atoms. The lowest BCUT2D eigenvalue weighted by molar-refractivity contribution is -0.124. The fraction of sp³-hybridized carbons (Fsp3) is 0.467. The van der Waals surface area contributed by atoms with Crippen LogP contribution < -0.4 is 5.32 Å². The first-order chi connectivity index (χ1) is 10.1. The molecule has 0 unspecified atom stereocenters. The number of nitrogens with one attached hydrogen (secondary N) is 2. The van der Waals surface area contributed by atoms with Crippen LogP contribution in [0.4, 0.5) is 0 Å². The van der Waals surface area contributed by atoms with Crippen LogP contribution in [0.25, 0.3) is 0 Å². The van der Waals surface area contributed by atoms with Gasteiger partial charge in [0.05, 0.1) is 5.02 Å². The van der Waals surface area contributed by atoms with Gasteiger partial charge in [0.15, 0.2) is 6.61 Å². The van der Waals surface area contributed by atoms with Crippen LogP contribution in [0.3, 0.4) is 0 Å². The molecular formula is C15H19ClN2O3. The largest absolute Gasteiger partial charge is 0.451 e.